The molecule has 2 saturated heterocycles. The van der Waals surface area contributed by atoms with Crippen molar-refractivity contribution in [3.8, 4) is 0 Å². The fraction of sp³-hybridized carbons (Fsp3) is 0.636. The van der Waals surface area contributed by atoms with Gasteiger partial charge in [0.25, 0.3) is 5.91 Å². The third kappa shape index (κ3) is 5.40. The maximum absolute atomic E-state index is 12.9. The number of carbonyl (C=O) groups excluding carboxylic acids is 2. The molecule has 1 amide bonds. The molecule has 7 nitrogen and oxygen atoms in total. The van der Waals surface area contributed by atoms with Gasteiger partial charge in [-0.3, -0.25) is 9.59 Å². The van der Waals surface area contributed by atoms with Crippen molar-refractivity contribution in [1.82, 2.24) is 9.21 Å². The van der Waals surface area contributed by atoms with Crippen LogP contribution in [0.15, 0.2) is 29.2 Å². The first kappa shape index (κ1) is 22.7. The largest absolute Gasteiger partial charge is 0.455 e. The third-order valence-electron chi connectivity index (χ3n) is 6.02. The number of esters is 1. The minimum Gasteiger partial charge on any atom is -0.455 e. The Hall–Kier alpha value is -1.93. The van der Waals surface area contributed by atoms with Gasteiger partial charge in [-0.15, -0.1) is 0 Å². The molecule has 0 radical (unpaired) electrons. The van der Waals surface area contributed by atoms with Gasteiger partial charge in [0, 0.05) is 26.2 Å². The van der Waals surface area contributed by atoms with Crippen molar-refractivity contribution in [3.63, 3.8) is 0 Å². The molecule has 0 unspecified atom stereocenters. The lowest BCUT2D eigenvalue weighted by Crippen LogP contribution is -2.42. The second kappa shape index (κ2) is 9.92. The van der Waals surface area contributed by atoms with Crippen molar-refractivity contribution in [2.45, 2.75) is 56.8 Å². The van der Waals surface area contributed by atoms with Gasteiger partial charge >= 0.3 is 5.97 Å². The summed E-state index contributed by atoms with van der Waals surface area (Å²) in [6, 6.07) is 7.00. The molecule has 30 heavy (non-hydrogen) atoms. The van der Waals surface area contributed by atoms with Gasteiger partial charge in [0.2, 0.25) is 10.0 Å². The Kier molecular flexibility index (Phi) is 7.52. The molecule has 2 aliphatic heterocycles. The lowest BCUT2D eigenvalue weighted by atomic mass is 9.98. The number of amides is 1. The molecule has 0 spiro atoms. The lowest BCUT2D eigenvalue weighted by molar-refractivity contribution is -0.156. The summed E-state index contributed by atoms with van der Waals surface area (Å²) in [5.74, 6) is -0.578. The van der Waals surface area contributed by atoms with Crippen LogP contribution in [0.25, 0.3) is 0 Å². The van der Waals surface area contributed by atoms with E-state index in [9.17, 15) is 18.0 Å². The van der Waals surface area contributed by atoms with Crippen LogP contribution in [-0.2, 0) is 24.3 Å². The highest BCUT2D eigenvalue weighted by Crippen LogP contribution is 2.26. The summed E-state index contributed by atoms with van der Waals surface area (Å²) in [6.07, 6.45) is 3.92. The SMILES string of the molecule is CC(C)c1ccc(S(=O)(=O)N2CCC(C(=O)OCC(=O)N3CCCCC3)CC2)cc1. The molecule has 2 aliphatic rings. The molecular weight excluding hydrogens is 404 g/mol. The predicted octanol–water partition coefficient (Wildman–Crippen LogP) is 2.77. The third-order valence-corrected chi connectivity index (χ3v) is 7.93. The monoisotopic (exact) mass is 436 g/mol. The molecular formula is C22H32N2O5S. The lowest BCUT2D eigenvalue weighted by Gasteiger charge is -2.30. The van der Waals surface area contributed by atoms with Crippen LogP contribution in [0.3, 0.4) is 0 Å². The van der Waals surface area contributed by atoms with Crippen LogP contribution < -0.4 is 0 Å². The van der Waals surface area contributed by atoms with E-state index in [4.69, 9.17) is 4.74 Å². The fourth-order valence-electron chi connectivity index (χ4n) is 3.99. The maximum atomic E-state index is 12.9. The standard InChI is InChI=1S/C22H32N2O5S/c1-17(2)18-6-8-20(9-7-18)30(27,28)24-14-10-19(11-15-24)22(26)29-16-21(25)23-12-4-3-5-13-23/h6-9,17,19H,3-5,10-16H2,1-2H3. The highest BCUT2D eigenvalue weighted by atomic mass is 32.2. The number of nitrogens with zero attached hydrogens (tertiary/aromatic N) is 2. The van der Waals surface area contributed by atoms with Gasteiger partial charge in [0.05, 0.1) is 10.8 Å². The van der Waals surface area contributed by atoms with Gasteiger partial charge in [-0.05, 0) is 55.7 Å². The van der Waals surface area contributed by atoms with Gasteiger partial charge in [0.15, 0.2) is 6.61 Å². The predicted molar refractivity (Wildman–Crippen MR) is 113 cm³/mol. The van der Waals surface area contributed by atoms with Gasteiger partial charge in [-0.1, -0.05) is 26.0 Å². The summed E-state index contributed by atoms with van der Waals surface area (Å²) >= 11 is 0. The van der Waals surface area contributed by atoms with E-state index in [0.29, 0.717) is 18.8 Å². The summed E-state index contributed by atoms with van der Waals surface area (Å²) in [5, 5.41) is 0. The van der Waals surface area contributed by atoms with Crippen LogP contribution in [0.5, 0.6) is 0 Å². The van der Waals surface area contributed by atoms with Crippen LogP contribution in [0.2, 0.25) is 0 Å². The van der Waals surface area contributed by atoms with Crippen LogP contribution in [0, 0.1) is 5.92 Å². The van der Waals surface area contributed by atoms with Crippen molar-refractivity contribution >= 4 is 21.9 Å². The number of hydrogen-bond donors (Lipinski definition) is 0. The maximum Gasteiger partial charge on any atom is 0.309 e. The summed E-state index contributed by atoms with van der Waals surface area (Å²) in [7, 11) is -3.57. The number of ether oxygens (including phenoxy) is 1. The van der Waals surface area contributed by atoms with Crippen molar-refractivity contribution in [1.29, 1.82) is 0 Å². The molecule has 8 heteroatoms. The van der Waals surface area contributed by atoms with E-state index in [1.165, 1.54) is 4.31 Å². The Labute approximate surface area is 179 Å². The van der Waals surface area contributed by atoms with Crippen LogP contribution in [0.4, 0.5) is 0 Å². The molecule has 166 valence electrons. The van der Waals surface area contributed by atoms with E-state index in [0.717, 1.165) is 37.9 Å². The first-order valence-corrected chi connectivity index (χ1v) is 12.3. The number of sulfonamides is 1. The van der Waals surface area contributed by atoms with E-state index >= 15 is 0 Å². The van der Waals surface area contributed by atoms with Crippen molar-refractivity contribution in [2.75, 3.05) is 32.8 Å². The smallest absolute Gasteiger partial charge is 0.309 e. The zero-order valence-electron chi connectivity index (χ0n) is 17.9. The molecule has 3 rings (SSSR count). The van der Waals surface area contributed by atoms with Crippen molar-refractivity contribution < 1.29 is 22.7 Å². The van der Waals surface area contributed by atoms with Crippen molar-refractivity contribution in [3.05, 3.63) is 29.8 Å². The van der Waals surface area contributed by atoms with E-state index in [1.54, 1.807) is 17.0 Å². The first-order chi connectivity index (χ1) is 14.3. The molecule has 0 saturated carbocycles. The Morgan fingerprint density at radius 3 is 2.17 bits per heavy atom. The summed E-state index contributed by atoms with van der Waals surface area (Å²) in [6.45, 7) is 5.90. The molecule has 0 N–H and O–H groups in total. The molecule has 0 bridgehead atoms. The Morgan fingerprint density at radius 1 is 1.00 bits per heavy atom. The van der Waals surface area contributed by atoms with E-state index < -0.39 is 16.0 Å². The molecule has 2 heterocycles. The van der Waals surface area contributed by atoms with E-state index in [1.807, 2.05) is 12.1 Å². The quantitative estimate of drug-likeness (QED) is 0.640. The molecule has 0 atom stereocenters. The second-order valence-electron chi connectivity index (χ2n) is 8.45. The van der Waals surface area contributed by atoms with Gasteiger partial charge < -0.3 is 9.64 Å². The molecule has 1 aromatic carbocycles. The van der Waals surface area contributed by atoms with Gasteiger partial charge in [-0.25, -0.2) is 8.42 Å². The number of piperidine rings is 2. The number of hydrogen-bond acceptors (Lipinski definition) is 5. The minimum absolute atomic E-state index is 0.145. The molecule has 2 fully saturated rings. The Balaban J connectivity index is 1.49. The molecule has 0 aromatic heterocycles. The van der Waals surface area contributed by atoms with E-state index in [2.05, 4.69) is 13.8 Å². The van der Waals surface area contributed by atoms with Crippen LogP contribution in [-0.4, -0.2) is 62.3 Å². The molecule has 0 aliphatic carbocycles. The van der Waals surface area contributed by atoms with E-state index in [-0.39, 0.29) is 36.4 Å². The minimum atomic E-state index is -3.57. The number of likely N-dealkylation sites (tertiary alicyclic amines) is 1. The topological polar surface area (TPSA) is 84.0 Å². The Morgan fingerprint density at radius 2 is 1.60 bits per heavy atom. The number of carbonyl (C=O) groups is 2. The van der Waals surface area contributed by atoms with Gasteiger partial charge in [0.1, 0.15) is 0 Å². The summed E-state index contributed by atoms with van der Waals surface area (Å²) in [4.78, 5) is 26.5. The average Bonchev–Trinajstić information content (AvgIpc) is 2.78. The summed E-state index contributed by atoms with van der Waals surface area (Å²) in [5.41, 5.74) is 1.09. The van der Waals surface area contributed by atoms with Gasteiger partial charge in [-0.2, -0.15) is 4.31 Å². The summed E-state index contributed by atoms with van der Waals surface area (Å²) < 4.78 is 32.5. The Bertz CT molecular complexity index is 837. The average molecular weight is 437 g/mol. The highest BCUT2D eigenvalue weighted by Gasteiger charge is 2.33. The van der Waals surface area contributed by atoms with Crippen LogP contribution >= 0.6 is 0 Å². The van der Waals surface area contributed by atoms with Crippen molar-refractivity contribution in [2.24, 2.45) is 5.92 Å². The van der Waals surface area contributed by atoms with Crippen LogP contribution in [0.1, 0.15) is 57.4 Å². The fourth-order valence-corrected chi connectivity index (χ4v) is 5.46. The normalized spacial score (nSPS) is 19.1. The number of rotatable bonds is 6. The molecule has 1 aromatic rings. The number of benzene rings is 1. The first-order valence-electron chi connectivity index (χ1n) is 10.8. The second-order valence-corrected chi connectivity index (χ2v) is 10.4. The zero-order chi connectivity index (χ0) is 21.7. The zero-order valence-corrected chi connectivity index (χ0v) is 18.7. The highest BCUT2D eigenvalue weighted by molar-refractivity contribution is 7.89.